The Morgan fingerprint density at radius 3 is 1.73 bits per heavy atom. The summed E-state index contributed by atoms with van der Waals surface area (Å²) in [7, 11) is 0. The Balaban J connectivity index is 1.79. The maximum absolute atomic E-state index is 12.9. The molecule has 0 saturated carbocycles. The summed E-state index contributed by atoms with van der Waals surface area (Å²) in [6.45, 7) is 3.94. The predicted octanol–water partition coefficient (Wildman–Crippen LogP) is 6.58. The number of anilines is 1. The Kier molecular flexibility index (Phi) is 5.65. The Morgan fingerprint density at radius 2 is 1.27 bits per heavy atom. The Bertz CT molecular complexity index is 1010. The van der Waals surface area contributed by atoms with Crippen molar-refractivity contribution in [3.8, 4) is 5.69 Å². The maximum atomic E-state index is 12.9. The van der Waals surface area contributed by atoms with Crippen molar-refractivity contribution < 1.29 is 26.3 Å². The van der Waals surface area contributed by atoms with Crippen LogP contribution in [-0.2, 0) is 12.4 Å². The summed E-state index contributed by atoms with van der Waals surface area (Å²) in [4.78, 5) is 0. The van der Waals surface area contributed by atoms with Gasteiger partial charge in [0.15, 0.2) is 0 Å². The van der Waals surface area contributed by atoms with Gasteiger partial charge in [-0.2, -0.15) is 31.4 Å². The number of aromatic nitrogens is 1. The molecule has 0 atom stereocenters. The van der Waals surface area contributed by atoms with Gasteiger partial charge in [0, 0.05) is 17.1 Å². The fraction of sp³-hybridized carbons (Fsp3) is 0.190. The third kappa shape index (κ3) is 4.84. The average molecular weight is 425 g/mol. The van der Waals surface area contributed by atoms with Gasteiger partial charge in [-0.1, -0.05) is 12.1 Å². The van der Waals surface area contributed by atoms with Crippen LogP contribution in [0.4, 0.5) is 32.0 Å². The average Bonchev–Trinajstić information content (AvgIpc) is 2.99. The summed E-state index contributed by atoms with van der Waals surface area (Å²) >= 11 is 0. The Morgan fingerprint density at radius 1 is 0.767 bits per heavy atom. The number of alkyl halides is 6. The molecule has 0 fully saturated rings. The van der Waals surface area contributed by atoms with Gasteiger partial charge in [-0.05, 0) is 61.9 Å². The number of hydrogen-bond donors (Lipinski definition) is 1. The molecule has 0 saturated heterocycles. The molecule has 0 bridgehead atoms. The molecule has 0 aliphatic carbocycles. The highest BCUT2D eigenvalue weighted by Gasteiger charge is 2.36. The van der Waals surface area contributed by atoms with Crippen molar-refractivity contribution in [1.29, 1.82) is 0 Å². The lowest BCUT2D eigenvalue weighted by Crippen LogP contribution is -2.11. The molecule has 0 amide bonds. The summed E-state index contributed by atoms with van der Waals surface area (Å²) in [6, 6.07) is 12.4. The molecule has 3 aromatic rings. The predicted molar refractivity (Wildman–Crippen MR) is 103 cm³/mol. The van der Waals surface area contributed by atoms with Gasteiger partial charge in [-0.3, -0.25) is 5.43 Å². The van der Waals surface area contributed by atoms with Crippen LogP contribution in [-0.4, -0.2) is 10.8 Å². The summed E-state index contributed by atoms with van der Waals surface area (Å²) < 4.78 is 79.4. The third-order valence-electron chi connectivity index (χ3n) is 4.42. The van der Waals surface area contributed by atoms with E-state index in [9.17, 15) is 26.3 Å². The van der Waals surface area contributed by atoms with E-state index < -0.39 is 29.2 Å². The van der Waals surface area contributed by atoms with Crippen molar-refractivity contribution >= 4 is 11.9 Å². The molecule has 9 heteroatoms. The standard InChI is InChI=1S/C21H17F6N3/c1-13-3-4-14(2)30(13)19-7-5-15(6-8-19)12-28-29-18-10-16(20(22,23)24)9-17(11-18)21(25,26)27/h3-12,29H,1-2H3/b28-12-. The molecule has 3 nitrogen and oxygen atoms in total. The number of benzene rings is 2. The first-order valence-electron chi connectivity index (χ1n) is 8.79. The van der Waals surface area contributed by atoms with Crippen LogP contribution >= 0.6 is 0 Å². The lowest BCUT2D eigenvalue weighted by Gasteiger charge is -2.13. The van der Waals surface area contributed by atoms with Gasteiger partial charge in [0.25, 0.3) is 0 Å². The van der Waals surface area contributed by atoms with E-state index in [0.717, 1.165) is 17.1 Å². The molecule has 3 rings (SSSR count). The molecular formula is C21H17F6N3. The van der Waals surface area contributed by atoms with E-state index in [-0.39, 0.29) is 6.07 Å². The van der Waals surface area contributed by atoms with Crippen molar-refractivity contribution in [2.45, 2.75) is 26.2 Å². The van der Waals surface area contributed by atoms with E-state index in [0.29, 0.717) is 17.7 Å². The lowest BCUT2D eigenvalue weighted by atomic mass is 10.1. The second kappa shape index (κ2) is 7.89. The lowest BCUT2D eigenvalue weighted by molar-refractivity contribution is -0.143. The minimum atomic E-state index is -4.91. The van der Waals surface area contributed by atoms with Crippen molar-refractivity contribution in [3.63, 3.8) is 0 Å². The van der Waals surface area contributed by atoms with Crippen molar-refractivity contribution in [1.82, 2.24) is 4.57 Å². The summed E-state index contributed by atoms with van der Waals surface area (Å²) in [5.41, 5.74) is 2.68. The first-order valence-corrected chi connectivity index (χ1v) is 8.79. The van der Waals surface area contributed by atoms with Crippen LogP contribution < -0.4 is 5.43 Å². The van der Waals surface area contributed by atoms with Crippen molar-refractivity contribution in [2.24, 2.45) is 5.10 Å². The number of rotatable bonds is 4. The molecule has 0 radical (unpaired) electrons. The molecule has 0 spiro atoms. The molecule has 1 N–H and O–H groups in total. The smallest absolute Gasteiger partial charge is 0.319 e. The van der Waals surface area contributed by atoms with Gasteiger partial charge in [-0.25, -0.2) is 0 Å². The highest BCUT2D eigenvalue weighted by molar-refractivity contribution is 5.80. The summed E-state index contributed by atoms with van der Waals surface area (Å²) in [6.07, 6.45) is -8.51. The second-order valence-electron chi connectivity index (χ2n) is 6.71. The molecule has 1 aromatic heterocycles. The van der Waals surface area contributed by atoms with Crippen LogP contribution in [0.2, 0.25) is 0 Å². The van der Waals surface area contributed by atoms with Gasteiger partial charge in [-0.15, -0.1) is 0 Å². The fourth-order valence-electron chi connectivity index (χ4n) is 2.99. The molecular weight excluding hydrogens is 408 g/mol. The molecule has 2 aromatic carbocycles. The monoisotopic (exact) mass is 425 g/mol. The number of hydrogen-bond acceptors (Lipinski definition) is 2. The van der Waals surface area contributed by atoms with E-state index in [1.807, 2.05) is 42.7 Å². The summed E-state index contributed by atoms with van der Waals surface area (Å²) in [5, 5.41) is 3.77. The fourth-order valence-corrected chi connectivity index (χ4v) is 2.99. The van der Waals surface area contributed by atoms with Crippen LogP contribution in [0.15, 0.2) is 59.7 Å². The number of nitrogens with one attached hydrogen (secondary N) is 1. The van der Waals surface area contributed by atoms with Crippen LogP contribution in [0.1, 0.15) is 28.1 Å². The molecule has 0 aliphatic rings. The van der Waals surface area contributed by atoms with Gasteiger partial charge < -0.3 is 4.57 Å². The van der Waals surface area contributed by atoms with Crippen molar-refractivity contribution in [2.75, 3.05) is 5.43 Å². The van der Waals surface area contributed by atoms with Gasteiger partial charge >= 0.3 is 12.4 Å². The third-order valence-corrected chi connectivity index (χ3v) is 4.42. The first kappa shape index (κ1) is 21.5. The van der Waals surface area contributed by atoms with Crippen molar-refractivity contribution in [3.05, 3.63) is 82.7 Å². The van der Waals surface area contributed by atoms with Crippen LogP contribution in [0.5, 0.6) is 0 Å². The zero-order valence-corrected chi connectivity index (χ0v) is 15.9. The SMILES string of the molecule is Cc1ccc(C)n1-c1ccc(/C=N\Nc2cc(C(F)(F)F)cc(C(F)(F)F)c2)cc1. The zero-order valence-electron chi connectivity index (χ0n) is 15.9. The van der Waals surface area contributed by atoms with E-state index >= 15 is 0 Å². The molecule has 158 valence electrons. The minimum absolute atomic E-state index is 0.0683. The van der Waals surface area contributed by atoms with E-state index in [1.165, 1.54) is 6.21 Å². The first-order chi connectivity index (χ1) is 13.9. The normalized spacial score (nSPS) is 12.5. The van der Waals surface area contributed by atoms with E-state index in [1.54, 1.807) is 12.1 Å². The number of hydrazone groups is 1. The highest BCUT2D eigenvalue weighted by atomic mass is 19.4. The Labute approximate surface area is 168 Å². The van der Waals surface area contributed by atoms with Gasteiger partial charge in [0.2, 0.25) is 0 Å². The molecule has 0 unspecified atom stereocenters. The molecule has 1 heterocycles. The van der Waals surface area contributed by atoms with Crippen LogP contribution in [0, 0.1) is 13.8 Å². The number of aryl methyl sites for hydroxylation is 2. The zero-order chi connectivity index (χ0) is 22.1. The number of halogens is 6. The second-order valence-corrected chi connectivity index (χ2v) is 6.71. The largest absolute Gasteiger partial charge is 0.416 e. The van der Waals surface area contributed by atoms with E-state index in [4.69, 9.17) is 0 Å². The van der Waals surface area contributed by atoms with Gasteiger partial charge in [0.1, 0.15) is 0 Å². The van der Waals surface area contributed by atoms with Gasteiger partial charge in [0.05, 0.1) is 23.0 Å². The highest BCUT2D eigenvalue weighted by Crippen LogP contribution is 2.37. The topological polar surface area (TPSA) is 29.3 Å². The van der Waals surface area contributed by atoms with Crippen LogP contribution in [0.25, 0.3) is 5.69 Å². The van der Waals surface area contributed by atoms with E-state index in [2.05, 4.69) is 10.5 Å². The maximum Gasteiger partial charge on any atom is 0.416 e. The summed E-state index contributed by atoms with van der Waals surface area (Å²) in [5.74, 6) is 0. The minimum Gasteiger partial charge on any atom is -0.319 e. The molecule has 0 aliphatic heterocycles. The quantitative estimate of drug-likeness (QED) is 0.286. The Hall–Kier alpha value is -3.23. The van der Waals surface area contributed by atoms with Crippen LogP contribution in [0.3, 0.4) is 0 Å². The number of nitrogens with zero attached hydrogens (tertiary/aromatic N) is 2. The molecule has 30 heavy (non-hydrogen) atoms.